The van der Waals surface area contributed by atoms with Crippen LogP contribution in [0.5, 0.6) is 0 Å². The van der Waals surface area contributed by atoms with Gasteiger partial charge in [0.2, 0.25) is 0 Å². The number of aliphatic hydroxyl groups excluding tert-OH is 1. The van der Waals surface area contributed by atoms with E-state index in [0.717, 1.165) is 42.9 Å². The van der Waals surface area contributed by atoms with Crippen LogP contribution in [0, 0.1) is 0 Å². The molecule has 0 spiro atoms. The van der Waals surface area contributed by atoms with Crippen molar-refractivity contribution in [1.82, 2.24) is 9.38 Å². The molecule has 0 saturated heterocycles. The molecule has 0 saturated carbocycles. The van der Waals surface area contributed by atoms with Gasteiger partial charge < -0.3 is 14.2 Å². The van der Waals surface area contributed by atoms with E-state index in [0.29, 0.717) is 5.02 Å². The predicted molar refractivity (Wildman–Crippen MR) is 70.9 cm³/mol. The van der Waals surface area contributed by atoms with Crippen molar-refractivity contribution in [3.05, 3.63) is 34.7 Å². The zero-order valence-electron chi connectivity index (χ0n) is 10.4. The van der Waals surface area contributed by atoms with Crippen LogP contribution in [0.2, 0.25) is 5.02 Å². The highest BCUT2D eigenvalue weighted by Gasteiger charge is 2.11. The second-order valence-electron chi connectivity index (χ2n) is 4.19. The number of pyridine rings is 1. The number of aromatic nitrogens is 2. The van der Waals surface area contributed by atoms with Crippen LogP contribution in [0.4, 0.5) is 0 Å². The number of halogens is 1. The summed E-state index contributed by atoms with van der Waals surface area (Å²) in [5.74, 6) is 0. The maximum absolute atomic E-state index is 9.36. The van der Waals surface area contributed by atoms with Gasteiger partial charge in [-0.15, -0.1) is 0 Å². The van der Waals surface area contributed by atoms with Crippen molar-refractivity contribution < 1.29 is 9.84 Å². The van der Waals surface area contributed by atoms with Crippen molar-refractivity contribution in [2.75, 3.05) is 13.7 Å². The second-order valence-corrected chi connectivity index (χ2v) is 4.62. The Morgan fingerprint density at radius 1 is 1.44 bits per heavy atom. The third kappa shape index (κ3) is 2.83. The van der Waals surface area contributed by atoms with E-state index in [1.54, 1.807) is 13.2 Å². The van der Waals surface area contributed by atoms with Crippen LogP contribution >= 0.6 is 11.6 Å². The lowest BCUT2D eigenvalue weighted by Gasteiger charge is -2.04. The summed E-state index contributed by atoms with van der Waals surface area (Å²) in [6.45, 7) is 0.718. The maximum Gasteiger partial charge on any atom is 0.138 e. The summed E-state index contributed by atoms with van der Waals surface area (Å²) < 4.78 is 7.02. The number of aryl methyl sites for hydroxylation is 1. The Kier molecular flexibility index (Phi) is 4.58. The minimum atomic E-state index is -0.0427. The molecular formula is C13H17ClN2O2. The maximum atomic E-state index is 9.36. The number of rotatable bonds is 6. The lowest BCUT2D eigenvalue weighted by Crippen LogP contribution is -1.99. The number of imidazole rings is 1. The van der Waals surface area contributed by atoms with Gasteiger partial charge in [-0.1, -0.05) is 11.6 Å². The third-order valence-corrected chi connectivity index (χ3v) is 3.17. The van der Waals surface area contributed by atoms with Gasteiger partial charge in [-0.25, -0.2) is 4.98 Å². The first-order valence-corrected chi connectivity index (χ1v) is 6.39. The molecule has 5 heteroatoms. The second kappa shape index (κ2) is 6.18. The van der Waals surface area contributed by atoms with Gasteiger partial charge in [0.15, 0.2) is 0 Å². The molecule has 0 radical (unpaired) electrons. The van der Waals surface area contributed by atoms with E-state index in [1.165, 1.54) is 0 Å². The molecule has 0 amide bonds. The van der Waals surface area contributed by atoms with Gasteiger partial charge in [-0.05, 0) is 25.3 Å². The summed E-state index contributed by atoms with van der Waals surface area (Å²) >= 11 is 5.94. The smallest absolute Gasteiger partial charge is 0.138 e. The highest BCUT2D eigenvalue weighted by atomic mass is 35.5. The van der Waals surface area contributed by atoms with Gasteiger partial charge >= 0.3 is 0 Å². The summed E-state index contributed by atoms with van der Waals surface area (Å²) in [6, 6.07) is 3.63. The Bertz CT molecular complexity index is 525. The number of methoxy groups -OCH3 is 1. The highest BCUT2D eigenvalue weighted by molar-refractivity contribution is 6.30. The van der Waals surface area contributed by atoms with Crippen molar-refractivity contribution in [3.8, 4) is 0 Å². The van der Waals surface area contributed by atoms with Crippen LogP contribution in [-0.4, -0.2) is 28.2 Å². The molecule has 0 aliphatic heterocycles. The van der Waals surface area contributed by atoms with Crippen LogP contribution in [-0.2, 0) is 17.8 Å². The van der Waals surface area contributed by atoms with E-state index in [4.69, 9.17) is 16.3 Å². The molecule has 0 atom stereocenters. The van der Waals surface area contributed by atoms with Crippen LogP contribution < -0.4 is 0 Å². The fraction of sp³-hybridized carbons (Fsp3) is 0.462. The van der Waals surface area contributed by atoms with E-state index in [1.807, 2.05) is 16.7 Å². The first kappa shape index (κ1) is 13.3. The molecule has 0 bridgehead atoms. The summed E-state index contributed by atoms with van der Waals surface area (Å²) in [5, 5.41) is 10.0. The molecule has 0 unspecified atom stereocenters. The number of aliphatic hydroxyl groups is 1. The van der Waals surface area contributed by atoms with Crippen molar-refractivity contribution in [3.63, 3.8) is 0 Å². The number of ether oxygens (including phenoxy) is 1. The number of hydrogen-bond donors (Lipinski definition) is 1. The van der Waals surface area contributed by atoms with Crippen molar-refractivity contribution in [1.29, 1.82) is 0 Å². The van der Waals surface area contributed by atoms with Crippen molar-refractivity contribution >= 4 is 17.2 Å². The Morgan fingerprint density at radius 2 is 2.28 bits per heavy atom. The fourth-order valence-corrected chi connectivity index (χ4v) is 2.20. The van der Waals surface area contributed by atoms with E-state index >= 15 is 0 Å². The molecule has 2 heterocycles. The van der Waals surface area contributed by atoms with Crippen molar-refractivity contribution in [2.24, 2.45) is 0 Å². The van der Waals surface area contributed by atoms with Gasteiger partial charge in [0.25, 0.3) is 0 Å². The highest BCUT2D eigenvalue weighted by Crippen LogP contribution is 2.18. The predicted octanol–water partition coefficient (Wildman–Crippen LogP) is 2.45. The Hall–Kier alpha value is -1.10. The van der Waals surface area contributed by atoms with Crippen LogP contribution in [0.25, 0.3) is 5.65 Å². The SMILES string of the molecule is COCCCCc1c(CO)nc2cc(Cl)ccn12. The molecule has 0 aromatic carbocycles. The number of hydrogen-bond acceptors (Lipinski definition) is 3. The summed E-state index contributed by atoms with van der Waals surface area (Å²) in [4.78, 5) is 4.39. The first-order valence-electron chi connectivity index (χ1n) is 6.01. The molecule has 0 fully saturated rings. The standard InChI is InChI=1S/C13H17ClN2O2/c1-18-7-3-2-4-12-11(9-17)15-13-8-10(14)5-6-16(12)13/h5-6,8,17H,2-4,7,9H2,1H3. The minimum Gasteiger partial charge on any atom is -0.390 e. The Balaban J connectivity index is 2.23. The molecule has 18 heavy (non-hydrogen) atoms. The molecule has 4 nitrogen and oxygen atoms in total. The molecule has 0 aliphatic rings. The van der Waals surface area contributed by atoms with Crippen LogP contribution in [0.15, 0.2) is 18.3 Å². The molecule has 1 N–H and O–H groups in total. The number of unbranched alkanes of at least 4 members (excludes halogenated alkanes) is 1. The lowest BCUT2D eigenvalue weighted by molar-refractivity contribution is 0.192. The van der Waals surface area contributed by atoms with Gasteiger partial charge in [0, 0.05) is 36.7 Å². The number of nitrogens with zero attached hydrogens (tertiary/aromatic N) is 2. The van der Waals surface area contributed by atoms with E-state index in [-0.39, 0.29) is 6.61 Å². The lowest BCUT2D eigenvalue weighted by atomic mass is 10.1. The minimum absolute atomic E-state index is 0.0427. The number of fused-ring (bicyclic) bond motifs is 1. The van der Waals surface area contributed by atoms with E-state index in [9.17, 15) is 5.11 Å². The Morgan fingerprint density at radius 3 is 3.00 bits per heavy atom. The normalized spacial score (nSPS) is 11.3. The van der Waals surface area contributed by atoms with Gasteiger partial charge in [0.05, 0.1) is 12.3 Å². The average molecular weight is 269 g/mol. The van der Waals surface area contributed by atoms with E-state index in [2.05, 4.69) is 4.98 Å². The summed E-state index contributed by atoms with van der Waals surface area (Å²) in [6.07, 6.45) is 4.79. The molecule has 98 valence electrons. The Labute approximate surface area is 111 Å². The van der Waals surface area contributed by atoms with Gasteiger partial charge in [0.1, 0.15) is 5.65 Å². The van der Waals surface area contributed by atoms with Gasteiger partial charge in [-0.2, -0.15) is 0 Å². The zero-order valence-corrected chi connectivity index (χ0v) is 11.2. The van der Waals surface area contributed by atoms with Crippen molar-refractivity contribution in [2.45, 2.75) is 25.9 Å². The topological polar surface area (TPSA) is 46.8 Å². The molecule has 2 rings (SSSR count). The van der Waals surface area contributed by atoms with Crippen LogP contribution in [0.1, 0.15) is 24.2 Å². The largest absolute Gasteiger partial charge is 0.390 e. The van der Waals surface area contributed by atoms with Crippen LogP contribution in [0.3, 0.4) is 0 Å². The summed E-state index contributed by atoms with van der Waals surface area (Å²) in [5.41, 5.74) is 2.57. The van der Waals surface area contributed by atoms with E-state index < -0.39 is 0 Å². The molecule has 2 aromatic rings. The molecular weight excluding hydrogens is 252 g/mol. The van der Waals surface area contributed by atoms with Gasteiger partial charge in [-0.3, -0.25) is 0 Å². The summed E-state index contributed by atoms with van der Waals surface area (Å²) in [7, 11) is 1.70. The monoisotopic (exact) mass is 268 g/mol. The average Bonchev–Trinajstić information content (AvgIpc) is 2.71. The molecule has 2 aromatic heterocycles. The molecule has 0 aliphatic carbocycles. The zero-order chi connectivity index (χ0) is 13.0. The quantitative estimate of drug-likeness (QED) is 0.819. The fourth-order valence-electron chi connectivity index (χ4n) is 2.05. The third-order valence-electron chi connectivity index (χ3n) is 2.93. The first-order chi connectivity index (χ1) is 8.76.